The molecule has 0 saturated carbocycles. The zero-order chi connectivity index (χ0) is 16.6. The SMILES string of the molecule is C[C@H]1O[C@@H](O)[C@@H](O)[C@@H](O[C@@H]2O[C@H](CO)[C@@H](O)[C@H](O)[C@H]2O)[C@H]1O. The van der Waals surface area contributed by atoms with Crippen LogP contribution in [-0.2, 0) is 14.2 Å². The van der Waals surface area contributed by atoms with Crippen molar-refractivity contribution >= 4 is 0 Å². The number of hydrogen-bond acceptors (Lipinski definition) is 10. The summed E-state index contributed by atoms with van der Waals surface area (Å²) in [4.78, 5) is 0. The first kappa shape index (κ1) is 17.9. The highest BCUT2D eigenvalue weighted by Gasteiger charge is 2.49. The first-order valence-electron chi connectivity index (χ1n) is 6.93. The highest BCUT2D eigenvalue weighted by atomic mass is 16.7. The average molecular weight is 326 g/mol. The Kier molecular flexibility index (Phi) is 5.72. The number of aliphatic hydroxyl groups is 7. The van der Waals surface area contributed by atoms with Gasteiger partial charge < -0.3 is 50.0 Å². The van der Waals surface area contributed by atoms with Crippen LogP contribution in [0.2, 0.25) is 0 Å². The molecule has 0 aromatic rings. The first-order chi connectivity index (χ1) is 10.3. The van der Waals surface area contributed by atoms with Crippen LogP contribution >= 0.6 is 0 Å². The Morgan fingerprint density at radius 1 is 0.818 bits per heavy atom. The number of aliphatic hydroxyl groups excluding tert-OH is 7. The third-order valence-electron chi connectivity index (χ3n) is 3.94. The maximum atomic E-state index is 9.96. The van der Waals surface area contributed by atoms with Crippen molar-refractivity contribution in [1.82, 2.24) is 0 Å². The Bertz CT molecular complexity index is 352. The van der Waals surface area contributed by atoms with E-state index in [0.29, 0.717) is 0 Å². The maximum absolute atomic E-state index is 9.96. The number of ether oxygens (including phenoxy) is 3. The fourth-order valence-electron chi connectivity index (χ4n) is 2.51. The van der Waals surface area contributed by atoms with Crippen molar-refractivity contribution in [3.8, 4) is 0 Å². The highest BCUT2D eigenvalue weighted by Crippen LogP contribution is 2.28. The smallest absolute Gasteiger partial charge is 0.187 e. The zero-order valence-corrected chi connectivity index (χ0v) is 11.8. The first-order valence-corrected chi connectivity index (χ1v) is 6.93. The Morgan fingerprint density at radius 2 is 1.45 bits per heavy atom. The topological polar surface area (TPSA) is 169 Å². The van der Waals surface area contributed by atoms with E-state index in [1.54, 1.807) is 0 Å². The van der Waals surface area contributed by atoms with Gasteiger partial charge in [-0.1, -0.05) is 0 Å². The molecule has 7 N–H and O–H groups in total. The molecule has 0 bridgehead atoms. The molecule has 0 radical (unpaired) electrons. The van der Waals surface area contributed by atoms with Crippen molar-refractivity contribution in [3.05, 3.63) is 0 Å². The number of rotatable bonds is 3. The van der Waals surface area contributed by atoms with Gasteiger partial charge >= 0.3 is 0 Å². The van der Waals surface area contributed by atoms with Crippen molar-refractivity contribution in [3.63, 3.8) is 0 Å². The third kappa shape index (κ3) is 3.26. The summed E-state index contributed by atoms with van der Waals surface area (Å²) in [7, 11) is 0. The molecular formula is C12H22O10. The van der Waals surface area contributed by atoms with E-state index in [9.17, 15) is 30.6 Å². The molecule has 0 aromatic heterocycles. The van der Waals surface area contributed by atoms with Gasteiger partial charge in [0.15, 0.2) is 12.6 Å². The molecule has 0 unspecified atom stereocenters. The molecule has 10 heteroatoms. The highest BCUT2D eigenvalue weighted by molar-refractivity contribution is 4.92. The van der Waals surface area contributed by atoms with Crippen molar-refractivity contribution < 1.29 is 50.0 Å². The van der Waals surface area contributed by atoms with E-state index >= 15 is 0 Å². The van der Waals surface area contributed by atoms with Crippen LogP contribution < -0.4 is 0 Å². The van der Waals surface area contributed by atoms with Gasteiger partial charge in [-0.25, -0.2) is 0 Å². The van der Waals surface area contributed by atoms with Gasteiger partial charge in [0.25, 0.3) is 0 Å². The standard InChI is InChI=1S/C12H22O10/c1-3-5(14)10(9(18)11(19)20-3)22-12-8(17)7(16)6(15)4(2-13)21-12/h3-19H,2H2,1H3/t3-,4-,5+,6-,7+,8-,9+,10+,11-,12+/m1/s1. The normalized spacial score (nSPS) is 53.5. The van der Waals surface area contributed by atoms with Crippen LogP contribution in [0.5, 0.6) is 0 Å². The fraction of sp³-hybridized carbons (Fsp3) is 1.00. The Hall–Kier alpha value is -0.400. The molecule has 2 aliphatic heterocycles. The van der Waals surface area contributed by atoms with E-state index in [2.05, 4.69) is 0 Å². The van der Waals surface area contributed by atoms with Gasteiger partial charge in [-0.2, -0.15) is 0 Å². The molecule has 0 amide bonds. The summed E-state index contributed by atoms with van der Waals surface area (Å²) in [5.74, 6) is 0. The van der Waals surface area contributed by atoms with E-state index in [-0.39, 0.29) is 0 Å². The molecule has 10 atom stereocenters. The van der Waals surface area contributed by atoms with E-state index < -0.39 is 68.0 Å². The van der Waals surface area contributed by atoms with Crippen LogP contribution in [0, 0.1) is 0 Å². The minimum atomic E-state index is -1.67. The summed E-state index contributed by atoms with van der Waals surface area (Å²) >= 11 is 0. The van der Waals surface area contributed by atoms with Crippen LogP contribution in [-0.4, -0.2) is 104 Å². The number of hydrogen-bond donors (Lipinski definition) is 7. The molecule has 0 aromatic carbocycles. The minimum Gasteiger partial charge on any atom is -0.394 e. The maximum Gasteiger partial charge on any atom is 0.187 e. The minimum absolute atomic E-state index is 0.636. The third-order valence-corrected chi connectivity index (χ3v) is 3.94. The summed E-state index contributed by atoms with van der Waals surface area (Å²) in [5, 5.41) is 67.6. The van der Waals surface area contributed by atoms with Crippen LogP contribution in [0.25, 0.3) is 0 Å². The molecule has 130 valence electrons. The van der Waals surface area contributed by atoms with Crippen LogP contribution in [0.3, 0.4) is 0 Å². The molecule has 22 heavy (non-hydrogen) atoms. The second kappa shape index (κ2) is 7.01. The van der Waals surface area contributed by atoms with Crippen molar-refractivity contribution in [1.29, 1.82) is 0 Å². The summed E-state index contributed by atoms with van der Waals surface area (Å²) in [6, 6.07) is 0. The van der Waals surface area contributed by atoms with Gasteiger partial charge in [-0.3, -0.25) is 0 Å². The van der Waals surface area contributed by atoms with Gasteiger partial charge in [0.1, 0.15) is 42.7 Å². The summed E-state index contributed by atoms with van der Waals surface area (Å²) in [5.41, 5.74) is 0. The van der Waals surface area contributed by atoms with Gasteiger partial charge in [0.2, 0.25) is 0 Å². The second-order valence-electron chi connectivity index (χ2n) is 5.51. The largest absolute Gasteiger partial charge is 0.394 e. The Balaban J connectivity index is 2.10. The van der Waals surface area contributed by atoms with E-state index in [0.717, 1.165) is 0 Å². The van der Waals surface area contributed by atoms with Gasteiger partial charge in [-0.05, 0) is 6.92 Å². The van der Waals surface area contributed by atoms with Crippen molar-refractivity contribution in [2.24, 2.45) is 0 Å². The van der Waals surface area contributed by atoms with Crippen LogP contribution in [0.15, 0.2) is 0 Å². The van der Waals surface area contributed by atoms with Gasteiger partial charge in [-0.15, -0.1) is 0 Å². The van der Waals surface area contributed by atoms with Crippen LogP contribution in [0.1, 0.15) is 6.92 Å². The Labute approximate surface area is 126 Å². The Morgan fingerprint density at radius 3 is 2.05 bits per heavy atom. The monoisotopic (exact) mass is 326 g/mol. The lowest BCUT2D eigenvalue weighted by atomic mass is 9.97. The molecular weight excluding hydrogens is 304 g/mol. The molecule has 10 nitrogen and oxygen atoms in total. The lowest BCUT2D eigenvalue weighted by Crippen LogP contribution is -2.63. The lowest BCUT2D eigenvalue weighted by Gasteiger charge is -2.44. The van der Waals surface area contributed by atoms with Gasteiger partial charge in [0, 0.05) is 0 Å². The fourth-order valence-corrected chi connectivity index (χ4v) is 2.51. The summed E-state index contributed by atoms with van der Waals surface area (Å²) in [6.07, 6.45) is -14.3. The van der Waals surface area contributed by atoms with Gasteiger partial charge in [0.05, 0.1) is 12.7 Å². The molecule has 0 aliphatic carbocycles. The molecule has 0 spiro atoms. The predicted octanol–water partition coefficient (Wildman–Crippen LogP) is -4.37. The second-order valence-corrected chi connectivity index (χ2v) is 5.51. The van der Waals surface area contributed by atoms with E-state index in [1.807, 2.05) is 0 Å². The lowest BCUT2D eigenvalue weighted by molar-refractivity contribution is -0.353. The molecule has 2 heterocycles. The van der Waals surface area contributed by atoms with Crippen molar-refractivity contribution in [2.45, 2.75) is 68.3 Å². The molecule has 2 aliphatic rings. The average Bonchev–Trinajstić information content (AvgIpc) is 2.49. The zero-order valence-electron chi connectivity index (χ0n) is 11.8. The molecule has 2 fully saturated rings. The quantitative estimate of drug-likeness (QED) is 0.269. The summed E-state index contributed by atoms with van der Waals surface area (Å²) in [6.45, 7) is 0.812. The van der Waals surface area contributed by atoms with E-state index in [4.69, 9.17) is 19.3 Å². The summed E-state index contributed by atoms with van der Waals surface area (Å²) < 4.78 is 15.3. The van der Waals surface area contributed by atoms with E-state index in [1.165, 1.54) is 6.92 Å². The molecule has 2 rings (SSSR count). The predicted molar refractivity (Wildman–Crippen MR) is 67.2 cm³/mol. The van der Waals surface area contributed by atoms with Crippen LogP contribution in [0.4, 0.5) is 0 Å². The van der Waals surface area contributed by atoms with Crippen molar-refractivity contribution in [2.75, 3.05) is 6.61 Å². The molecule has 2 saturated heterocycles.